The van der Waals surface area contributed by atoms with Crippen LogP contribution in [0.15, 0.2) is 34.9 Å². The second kappa shape index (κ2) is 12.6. The minimum absolute atomic E-state index is 0.0364. The Labute approximate surface area is 224 Å². The first kappa shape index (κ1) is 30.1. The monoisotopic (exact) mass is 534 g/mol. The minimum Gasteiger partial charge on any atom is -0.478 e. The third-order valence-electron chi connectivity index (χ3n) is 8.58. The van der Waals surface area contributed by atoms with Crippen LogP contribution < -0.4 is 0 Å². The summed E-state index contributed by atoms with van der Waals surface area (Å²) in [7, 11) is 0. The van der Waals surface area contributed by atoms with E-state index in [9.17, 15) is 34.8 Å². The van der Waals surface area contributed by atoms with E-state index < -0.39 is 48.6 Å². The molecule has 3 rings (SSSR count). The van der Waals surface area contributed by atoms with E-state index >= 15 is 0 Å². The molecule has 0 aromatic rings. The van der Waals surface area contributed by atoms with Crippen LogP contribution in [0.1, 0.15) is 53.4 Å². The van der Waals surface area contributed by atoms with Crippen molar-refractivity contribution in [2.24, 2.45) is 41.4 Å². The van der Waals surface area contributed by atoms with Gasteiger partial charge in [-0.05, 0) is 66.8 Å². The van der Waals surface area contributed by atoms with Crippen LogP contribution in [-0.2, 0) is 23.9 Å². The third kappa shape index (κ3) is 6.55. The van der Waals surface area contributed by atoms with Crippen LogP contribution in [0.3, 0.4) is 0 Å². The van der Waals surface area contributed by atoms with Gasteiger partial charge in [0.05, 0.1) is 30.3 Å². The Balaban J connectivity index is 1.84. The quantitative estimate of drug-likeness (QED) is 0.199. The summed E-state index contributed by atoms with van der Waals surface area (Å²) in [4.78, 5) is 37.8. The molecule has 38 heavy (non-hydrogen) atoms. The smallest absolute Gasteiger partial charge is 0.336 e. The molecule has 1 aliphatic heterocycles. The molecule has 0 bridgehead atoms. The predicted molar refractivity (Wildman–Crippen MR) is 139 cm³/mol. The van der Waals surface area contributed by atoms with Gasteiger partial charge in [-0.3, -0.25) is 4.79 Å². The van der Waals surface area contributed by atoms with Crippen molar-refractivity contribution in [2.75, 3.05) is 26.4 Å². The fraction of sp³-hybridized carbons (Fsp3) is 0.690. The van der Waals surface area contributed by atoms with Gasteiger partial charge in [-0.15, -0.1) is 0 Å². The molecular formula is C29H42O9. The van der Waals surface area contributed by atoms with Crippen LogP contribution >= 0.6 is 0 Å². The number of rotatable bonds is 9. The van der Waals surface area contributed by atoms with Crippen LogP contribution in [0, 0.1) is 41.4 Å². The van der Waals surface area contributed by atoms with Crippen molar-refractivity contribution in [1.29, 1.82) is 0 Å². The summed E-state index contributed by atoms with van der Waals surface area (Å²) in [5.74, 6) is -3.91. The number of allylic oxidation sites excluding steroid dienone is 3. The number of hydrogen-bond donors (Lipinski definition) is 4. The molecular weight excluding hydrogens is 492 g/mol. The largest absolute Gasteiger partial charge is 0.478 e. The molecule has 0 unspecified atom stereocenters. The van der Waals surface area contributed by atoms with E-state index in [1.807, 2.05) is 19.9 Å². The van der Waals surface area contributed by atoms with Crippen LogP contribution in [0.25, 0.3) is 0 Å². The van der Waals surface area contributed by atoms with Crippen LogP contribution in [0.5, 0.6) is 0 Å². The Bertz CT molecular complexity index is 992. The maximum absolute atomic E-state index is 13.0. The minimum atomic E-state index is -1.75. The van der Waals surface area contributed by atoms with Crippen molar-refractivity contribution in [1.82, 2.24) is 0 Å². The normalized spacial score (nSPS) is 32.2. The standard InChI is InChI=1S/C29H42O9/c1-16(2)22-6-5-18(12-30)9-19(22)10-20(13-31)27(34)38-15-29(36)8-7-23(17(3)4)24-11-21(26(32)33)14-37-28(35)25(24)29/h9-11,16-17,19,22-25,30-31,36H,5-8,12-15H2,1-4H3,(H,32,33)/b20-10+/t19-,22+,23-,24+,25-,29-/m1/s1. The van der Waals surface area contributed by atoms with E-state index in [1.165, 1.54) is 6.08 Å². The van der Waals surface area contributed by atoms with E-state index in [2.05, 4.69) is 13.8 Å². The highest BCUT2D eigenvalue weighted by atomic mass is 16.6. The Morgan fingerprint density at radius 3 is 2.39 bits per heavy atom. The molecule has 0 radical (unpaired) electrons. The molecule has 9 nitrogen and oxygen atoms in total. The first-order valence-corrected chi connectivity index (χ1v) is 13.5. The van der Waals surface area contributed by atoms with E-state index in [0.29, 0.717) is 12.3 Å². The molecule has 1 heterocycles. The van der Waals surface area contributed by atoms with Gasteiger partial charge in [0.1, 0.15) is 18.8 Å². The van der Waals surface area contributed by atoms with E-state index in [1.54, 1.807) is 6.08 Å². The average Bonchev–Trinajstić information content (AvgIpc) is 3.05. The second-order valence-electron chi connectivity index (χ2n) is 11.6. The molecule has 1 saturated carbocycles. The highest BCUT2D eigenvalue weighted by molar-refractivity contribution is 5.89. The van der Waals surface area contributed by atoms with Crippen LogP contribution in [-0.4, -0.2) is 70.4 Å². The predicted octanol–water partition coefficient (Wildman–Crippen LogP) is 2.65. The number of cyclic esters (lactones) is 1. The van der Waals surface area contributed by atoms with Gasteiger partial charge in [-0.2, -0.15) is 0 Å². The number of aliphatic hydroxyl groups is 3. The average molecular weight is 535 g/mol. The number of aliphatic hydroxyl groups excluding tert-OH is 2. The molecule has 3 aliphatic rings. The molecule has 4 N–H and O–H groups in total. The summed E-state index contributed by atoms with van der Waals surface area (Å²) in [6.07, 6.45) is 7.46. The number of hydrogen-bond acceptors (Lipinski definition) is 8. The maximum Gasteiger partial charge on any atom is 0.336 e. The van der Waals surface area contributed by atoms with Gasteiger partial charge in [-0.25, -0.2) is 9.59 Å². The topological polar surface area (TPSA) is 151 Å². The number of ether oxygens (including phenoxy) is 2. The van der Waals surface area contributed by atoms with E-state index in [0.717, 1.165) is 18.4 Å². The lowest BCUT2D eigenvalue weighted by Crippen LogP contribution is -2.55. The number of aliphatic carboxylic acids is 1. The number of carbonyl (C=O) groups is 3. The molecule has 212 valence electrons. The van der Waals surface area contributed by atoms with Gasteiger partial charge in [0.2, 0.25) is 0 Å². The molecule has 1 fully saturated rings. The maximum atomic E-state index is 13.0. The molecule has 9 heteroatoms. The zero-order valence-corrected chi connectivity index (χ0v) is 22.8. The summed E-state index contributed by atoms with van der Waals surface area (Å²) in [6.45, 7) is 6.66. The molecule has 0 aromatic carbocycles. The molecule has 0 saturated heterocycles. The summed E-state index contributed by atoms with van der Waals surface area (Å²) in [6, 6.07) is 0. The lowest BCUT2D eigenvalue weighted by Gasteiger charge is -2.46. The van der Waals surface area contributed by atoms with Crippen molar-refractivity contribution in [2.45, 2.75) is 59.0 Å². The summed E-state index contributed by atoms with van der Waals surface area (Å²) < 4.78 is 10.7. The highest BCUT2D eigenvalue weighted by Crippen LogP contribution is 2.47. The van der Waals surface area contributed by atoms with Crippen molar-refractivity contribution < 1.29 is 44.3 Å². The molecule has 0 amide bonds. The van der Waals surface area contributed by atoms with Crippen LogP contribution in [0.4, 0.5) is 0 Å². The Morgan fingerprint density at radius 1 is 1.13 bits per heavy atom. The summed E-state index contributed by atoms with van der Waals surface area (Å²) in [5.41, 5.74) is -0.852. The fourth-order valence-electron chi connectivity index (χ4n) is 6.36. The Hall–Kier alpha value is -2.49. The Morgan fingerprint density at radius 2 is 1.82 bits per heavy atom. The molecule has 6 atom stereocenters. The fourth-order valence-corrected chi connectivity index (χ4v) is 6.36. The zero-order chi connectivity index (χ0) is 28.2. The third-order valence-corrected chi connectivity index (χ3v) is 8.58. The van der Waals surface area contributed by atoms with Gasteiger partial charge < -0.3 is 29.9 Å². The summed E-state index contributed by atoms with van der Waals surface area (Å²) in [5, 5.41) is 40.7. The van der Waals surface area contributed by atoms with Gasteiger partial charge in [0, 0.05) is 0 Å². The van der Waals surface area contributed by atoms with Gasteiger partial charge in [-0.1, -0.05) is 45.9 Å². The van der Waals surface area contributed by atoms with Gasteiger partial charge in [0.15, 0.2) is 0 Å². The lowest BCUT2D eigenvalue weighted by atomic mass is 9.61. The van der Waals surface area contributed by atoms with Crippen molar-refractivity contribution in [3.63, 3.8) is 0 Å². The number of carboxylic acid groups (broad SMARTS) is 1. The van der Waals surface area contributed by atoms with Gasteiger partial charge >= 0.3 is 17.9 Å². The van der Waals surface area contributed by atoms with Crippen molar-refractivity contribution in [3.8, 4) is 0 Å². The number of fused-ring (bicyclic) bond motifs is 1. The number of carbonyl (C=O) groups excluding carboxylic acids is 2. The Kier molecular flexibility index (Phi) is 9.95. The zero-order valence-electron chi connectivity index (χ0n) is 22.8. The molecule has 0 spiro atoms. The second-order valence-corrected chi connectivity index (χ2v) is 11.6. The highest BCUT2D eigenvalue weighted by Gasteiger charge is 2.54. The first-order valence-electron chi connectivity index (χ1n) is 13.5. The van der Waals surface area contributed by atoms with E-state index in [-0.39, 0.29) is 54.5 Å². The lowest BCUT2D eigenvalue weighted by molar-refractivity contribution is -0.181. The van der Waals surface area contributed by atoms with E-state index in [4.69, 9.17) is 9.47 Å². The van der Waals surface area contributed by atoms with Crippen LogP contribution in [0.2, 0.25) is 0 Å². The molecule has 0 aromatic heterocycles. The number of carboxylic acids is 1. The number of esters is 2. The molecule has 2 aliphatic carbocycles. The first-order chi connectivity index (χ1) is 17.9. The van der Waals surface area contributed by atoms with Crippen molar-refractivity contribution >= 4 is 17.9 Å². The van der Waals surface area contributed by atoms with Gasteiger partial charge in [0.25, 0.3) is 0 Å². The van der Waals surface area contributed by atoms with Crippen molar-refractivity contribution in [3.05, 3.63) is 34.9 Å². The SMILES string of the molecule is CC(C)[C@H]1CC[C@@](O)(COC(=O)/C(=C/[C@H]2C=C(CO)CC[C@H]2C(C)C)CO)[C@H]2C(=O)OCC(C(=O)O)=C[C@@H]12. The summed E-state index contributed by atoms with van der Waals surface area (Å²) >= 11 is 0.